The fourth-order valence-corrected chi connectivity index (χ4v) is 14.1. The molecule has 450 valence electrons. The highest BCUT2D eigenvalue weighted by Gasteiger charge is 2.62. The van der Waals surface area contributed by atoms with E-state index in [1.54, 1.807) is 6.92 Å². The van der Waals surface area contributed by atoms with E-state index in [9.17, 15) is 91.6 Å². The summed E-state index contributed by atoms with van der Waals surface area (Å²) in [5.41, 5.74) is -2.31. The molecule has 8 rings (SSSR count). The molecule has 4 saturated carbocycles. The van der Waals surface area contributed by atoms with Gasteiger partial charge < -0.3 is 129 Å². The first-order valence-corrected chi connectivity index (χ1v) is 27.2. The van der Waals surface area contributed by atoms with Crippen LogP contribution in [-0.2, 0) is 47.4 Å². The summed E-state index contributed by atoms with van der Waals surface area (Å²) in [5.74, 6) is -1.90. The molecule has 0 aromatic heterocycles. The van der Waals surface area contributed by atoms with Crippen molar-refractivity contribution < 1.29 is 134 Å². The maximum absolute atomic E-state index is 14.9. The number of ether oxygens (including phenoxy) is 9. The summed E-state index contributed by atoms with van der Waals surface area (Å²) < 4.78 is 53.8. The quantitative estimate of drug-likeness (QED) is 0.0536. The standard InChI is InChI=1S/C51H84O27/c1-19-12-20-6-7-28-49(2,9-5-10-50(28,3)48(69)75-23-13-21(14-52)29(56)37(64)42(23)76-45-40(67)35(62)31(58)25(16-54)72-45)22(20)8-11-51(19,4)78-47-43(77-46-41(68)36(63)32(59)26(17-55)73-46)38(65)33(60)27(74-47)18-70-44-39(66)34(61)30(57)24(15-53)71-44/h20-47,52-68H,1,5-18H2,2-4H3/t20?,21?,22-,23?,24?,25?,26?,27?,28?,29?,30?,31?,32?,33?,34?,35?,36?,37?,38?,39?,40?,41?,42?,43?,44?,45?,46?,47?,49+,50-,51?/m1/s1. The lowest BCUT2D eigenvalue weighted by Crippen LogP contribution is -2.65. The number of carbonyl (C=O) groups is 1. The fourth-order valence-electron chi connectivity index (χ4n) is 14.1. The highest BCUT2D eigenvalue weighted by Crippen LogP contribution is 2.65. The Balaban J connectivity index is 1.01. The second-order valence-electron chi connectivity index (χ2n) is 23.7. The summed E-state index contributed by atoms with van der Waals surface area (Å²) in [4.78, 5) is 14.9. The minimum atomic E-state index is -1.94. The molecule has 78 heavy (non-hydrogen) atoms. The second kappa shape index (κ2) is 24.8. The zero-order valence-corrected chi connectivity index (χ0v) is 44.0. The molecule has 4 aliphatic carbocycles. The molecular weight excluding hydrogens is 1040 g/mol. The van der Waals surface area contributed by atoms with Gasteiger partial charge in [-0.05, 0) is 94.0 Å². The highest BCUT2D eigenvalue weighted by atomic mass is 16.8. The first-order chi connectivity index (χ1) is 36.8. The van der Waals surface area contributed by atoms with Crippen LogP contribution in [0, 0.1) is 34.5 Å². The molecule has 27 nitrogen and oxygen atoms in total. The van der Waals surface area contributed by atoms with Gasteiger partial charge in [-0.25, -0.2) is 0 Å². The summed E-state index contributed by atoms with van der Waals surface area (Å²) in [5, 5.41) is 180. The van der Waals surface area contributed by atoms with Gasteiger partial charge in [-0.3, -0.25) is 4.79 Å². The second-order valence-corrected chi connectivity index (χ2v) is 23.7. The number of aliphatic hydroxyl groups is 17. The van der Waals surface area contributed by atoms with Gasteiger partial charge in [0.2, 0.25) is 0 Å². The van der Waals surface area contributed by atoms with Gasteiger partial charge in [-0.15, -0.1) is 0 Å². The van der Waals surface area contributed by atoms with Crippen LogP contribution in [0.3, 0.4) is 0 Å². The molecule has 4 saturated heterocycles. The van der Waals surface area contributed by atoms with Gasteiger partial charge >= 0.3 is 5.97 Å². The van der Waals surface area contributed by atoms with Gasteiger partial charge in [0.1, 0.15) is 116 Å². The number of carbonyl (C=O) groups excluding carboxylic acids is 1. The molecule has 17 N–H and O–H groups in total. The minimum absolute atomic E-state index is 0.0136. The topological polar surface area (TPSA) is 444 Å². The molecule has 8 fully saturated rings. The monoisotopic (exact) mass is 1130 g/mol. The van der Waals surface area contributed by atoms with Crippen molar-refractivity contribution in [2.24, 2.45) is 34.5 Å². The van der Waals surface area contributed by atoms with Crippen LogP contribution in [0.15, 0.2) is 12.2 Å². The number of rotatable bonds is 15. The Kier molecular flexibility index (Phi) is 19.8. The van der Waals surface area contributed by atoms with Crippen LogP contribution < -0.4 is 0 Å². The van der Waals surface area contributed by atoms with E-state index in [-0.39, 0.29) is 30.6 Å². The zero-order valence-electron chi connectivity index (χ0n) is 44.0. The lowest BCUT2D eigenvalue weighted by atomic mass is 9.45. The summed E-state index contributed by atoms with van der Waals surface area (Å²) >= 11 is 0. The van der Waals surface area contributed by atoms with E-state index in [0.717, 1.165) is 6.42 Å². The summed E-state index contributed by atoms with van der Waals surface area (Å²) in [6, 6.07) is 0. The smallest absolute Gasteiger partial charge is 0.312 e. The predicted molar refractivity (Wildman–Crippen MR) is 257 cm³/mol. The number of esters is 1. The van der Waals surface area contributed by atoms with E-state index < -0.39 is 209 Å². The molecular formula is C51H84O27. The normalized spacial score (nSPS) is 53.2. The van der Waals surface area contributed by atoms with Crippen molar-refractivity contribution in [2.45, 2.75) is 231 Å². The van der Waals surface area contributed by atoms with Crippen molar-refractivity contribution in [1.29, 1.82) is 0 Å². The Morgan fingerprint density at radius 2 is 1.05 bits per heavy atom. The SMILES string of the molecule is C=C1CC2CCC3[C@](C)(C(=O)OC4CC(CO)C(O)C(O)C4OC4OC(CO)C(O)C(O)C4O)CCC[C@@]3(C)[C@@H]2CCC1(C)OC1OC(COC2OC(CO)C(O)C(O)C2O)C(O)C(O)C1OC1OC(CO)C(O)C(O)C1O. The Labute approximate surface area is 450 Å². The van der Waals surface area contributed by atoms with Crippen molar-refractivity contribution in [2.75, 3.05) is 33.0 Å². The van der Waals surface area contributed by atoms with Crippen molar-refractivity contribution >= 4 is 5.97 Å². The average molecular weight is 1130 g/mol. The van der Waals surface area contributed by atoms with E-state index in [4.69, 9.17) is 42.6 Å². The van der Waals surface area contributed by atoms with Crippen LogP contribution in [-0.4, -0.2) is 279 Å². The zero-order chi connectivity index (χ0) is 57.1. The number of hydrogen-bond acceptors (Lipinski definition) is 27. The Morgan fingerprint density at radius 1 is 0.551 bits per heavy atom. The Hall–Kier alpha value is -1.79. The summed E-state index contributed by atoms with van der Waals surface area (Å²) in [6.45, 7) is 6.66. The predicted octanol–water partition coefficient (Wildman–Crippen LogP) is -6.38. The summed E-state index contributed by atoms with van der Waals surface area (Å²) in [7, 11) is 0. The third-order valence-corrected chi connectivity index (χ3v) is 19.0. The molecule has 28 unspecified atom stereocenters. The van der Waals surface area contributed by atoms with Gasteiger partial charge in [-0.1, -0.05) is 19.9 Å². The van der Waals surface area contributed by atoms with Crippen molar-refractivity contribution in [3.05, 3.63) is 12.2 Å². The third-order valence-electron chi connectivity index (χ3n) is 19.0. The molecule has 4 heterocycles. The molecule has 0 spiro atoms. The molecule has 4 aliphatic heterocycles. The van der Waals surface area contributed by atoms with Crippen molar-refractivity contribution in [3.63, 3.8) is 0 Å². The fraction of sp³-hybridized carbons (Fsp3) is 0.941. The van der Waals surface area contributed by atoms with Crippen LogP contribution in [0.5, 0.6) is 0 Å². The van der Waals surface area contributed by atoms with E-state index in [1.165, 1.54) is 0 Å². The van der Waals surface area contributed by atoms with Gasteiger partial charge in [0, 0.05) is 12.5 Å². The molecule has 27 heteroatoms. The number of fused-ring (bicyclic) bond motifs is 3. The highest BCUT2D eigenvalue weighted by molar-refractivity contribution is 5.77. The molecule has 0 aromatic rings. The Bertz CT molecular complexity index is 2000. The molecule has 31 atom stereocenters. The molecule has 0 bridgehead atoms. The summed E-state index contributed by atoms with van der Waals surface area (Å²) in [6.07, 6.45) is -36.6. The molecule has 0 radical (unpaired) electrons. The lowest BCUT2D eigenvalue weighted by Gasteiger charge is -2.59. The van der Waals surface area contributed by atoms with Gasteiger partial charge in [-0.2, -0.15) is 0 Å². The van der Waals surface area contributed by atoms with Crippen molar-refractivity contribution in [3.8, 4) is 0 Å². The first kappa shape index (κ1) is 62.3. The van der Waals surface area contributed by atoms with Crippen LogP contribution in [0.2, 0.25) is 0 Å². The average Bonchev–Trinajstić information content (AvgIpc) is 3.76. The number of aliphatic hydroxyl groups excluding tert-OH is 17. The Morgan fingerprint density at radius 3 is 1.60 bits per heavy atom. The van der Waals surface area contributed by atoms with Crippen molar-refractivity contribution in [1.82, 2.24) is 0 Å². The molecule has 0 amide bonds. The van der Waals surface area contributed by atoms with Gasteiger partial charge in [0.25, 0.3) is 0 Å². The lowest BCUT2D eigenvalue weighted by molar-refractivity contribution is -0.380. The van der Waals surface area contributed by atoms with Gasteiger partial charge in [0.05, 0.1) is 43.5 Å². The number of hydrogen-bond donors (Lipinski definition) is 17. The third kappa shape index (κ3) is 11.6. The largest absolute Gasteiger partial charge is 0.459 e. The minimum Gasteiger partial charge on any atom is -0.459 e. The van der Waals surface area contributed by atoms with Crippen LogP contribution >= 0.6 is 0 Å². The first-order valence-electron chi connectivity index (χ1n) is 27.2. The van der Waals surface area contributed by atoms with Crippen LogP contribution in [0.4, 0.5) is 0 Å². The van der Waals surface area contributed by atoms with Crippen LogP contribution in [0.1, 0.15) is 78.6 Å². The molecule has 8 aliphatic rings. The maximum Gasteiger partial charge on any atom is 0.312 e. The molecule has 0 aromatic carbocycles. The van der Waals surface area contributed by atoms with Gasteiger partial charge in [0.15, 0.2) is 25.2 Å². The van der Waals surface area contributed by atoms with E-state index >= 15 is 0 Å². The van der Waals surface area contributed by atoms with Crippen LogP contribution in [0.25, 0.3) is 0 Å². The van der Waals surface area contributed by atoms with E-state index in [2.05, 4.69) is 13.5 Å². The maximum atomic E-state index is 14.9. The van der Waals surface area contributed by atoms with E-state index in [1.807, 2.05) is 6.92 Å². The van der Waals surface area contributed by atoms with E-state index in [0.29, 0.717) is 44.1 Å².